The van der Waals surface area contributed by atoms with Crippen LogP contribution < -0.4 is 0 Å². The second-order valence-electron chi connectivity index (χ2n) is 2.16. The molecule has 0 saturated heterocycles. The fourth-order valence-electron chi connectivity index (χ4n) is 0.750. The van der Waals surface area contributed by atoms with E-state index in [0.717, 1.165) is 10.5 Å². The predicted octanol–water partition coefficient (Wildman–Crippen LogP) is 1.09. The van der Waals surface area contributed by atoms with Gasteiger partial charge in [-0.3, -0.25) is 0 Å². The average molecular weight is 188 g/mol. The third-order valence-electron chi connectivity index (χ3n) is 1.25. The molecule has 0 radical (unpaired) electrons. The van der Waals surface area contributed by atoms with Gasteiger partial charge < -0.3 is 0 Å². The van der Waals surface area contributed by atoms with Gasteiger partial charge in [0.25, 0.3) is 0 Å². The minimum Gasteiger partial charge on any atom is -0.232 e. The Hall–Kier alpha value is -0.480. The smallest absolute Gasteiger partial charge is 0.144 e. The van der Waals surface area contributed by atoms with Gasteiger partial charge in [0.2, 0.25) is 0 Å². The third-order valence-corrected chi connectivity index (χ3v) is 2.17. The average Bonchev–Trinajstić information content (AvgIpc) is 1.93. The number of benzene rings is 1. The molecule has 0 heterocycles. The predicted molar refractivity (Wildman–Crippen MR) is 47.7 cm³/mol. The van der Waals surface area contributed by atoms with Crippen molar-refractivity contribution >= 4 is 23.3 Å². The first kappa shape index (κ1) is 8.62. The molecule has 0 N–H and O–H groups in total. The second-order valence-corrected chi connectivity index (χ2v) is 3.66. The van der Waals surface area contributed by atoms with Crippen LogP contribution in [0.5, 0.6) is 0 Å². The molecule has 0 fully saturated rings. The van der Waals surface area contributed by atoms with Gasteiger partial charge in [0.15, 0.2) is 0 Å². The fourth-order valence-corrected chi connectivity index (χ4v) is 1.41. The standard InChI is InChI=1S/C7H8O2S2/c8-11(9)5-6-1-3-7(10)4-2-6/h1-4,10-11H,5H2. The largest absolute Gasteiger partial charge is 0.232 e. The van der Waals surface area contributed by atoms with Crippen molar-refractivity contribution in [3.8, 4) is 0 Å². The first-order valence-electron chi connectivity index (χ1n) is 3.08. The number of thiol groups is 2. The summed E-state index contributed by atoms with van der Waals surface area (Å²) in [6.07, 6.45) is 0. The number of rotatable bonds is 2. The van der Waals surface area contributed by atoms with Gasteiger partial charge in [-0.2, -0.15) is 0 Å². The molecule has 60 valence electrons. The quantitative estimate of drug-likeness (QED) is 0.681. The van der Waals surface area contributed by atoms with E-state index < -0.39 is 10.7 Å². The maximum absolute atomic E-state index is 10.3. The van der Waals surface area contributed by atoms with Crippen LogP contribution in [-0.2, 0) is 16.5 Å². The van der Waals surface area contributed by atoms with Crippen molar-refractivity contribution in [2.75, 3.05) is 0 Å². The van der Waals surface area contributed by atoms with Crippen LogP contribution in [0, 0.1) is 0 Å². The lowest BCUT2D eigenvalue weighted by Crippen LogP contribution is -1.84. The maximum atomic E-state index is 10.3. The van der Waals surface area contributed by atoms with Gasteiger partial charge in [-0.15, -0.1) is 12.6 Å². The van der Waals surface area contributed by atoms with Crippen LogP contribution in [0.15, 0.2) is 29.2 Å². The first-order chi connectivity index (χ1) is 5.18. The third kappa shape index (κ3) is 2.95. The number of hydrogen-bond donors (Lipinski definition) is 2. The summed E-state index contributed by atoms with van der Waals surface area (Å²) >= 11 is 4.07. The van der Waals surface area contributed by atoms with E-state index in [1.54, 1.807) is 24.3 Å². The van der Waals surface area contributed by atoms with Crippen molar-refractivity contribution in [1.82, 2.24) is 0 Å². The van der Waals surface area contributed by atoms with E-state index in [1.165, 1.54) is 0 Å². The van der Waals surface area contributed by atoms with Crippen molar-refractivity contribution in [2.45, 2.75) is 10.6 Å². The minimum absolute atomic E-state index is 0.114. The molecule has 4 heteroatoms. The Morgan fingerprint density at radius 3 is 2.18 bits per heavy atom. The molecule has 0 amide bonds. The van der Waals surface area contributed by atoms with E-state index in [2.05, 4.69) is 12.6 Å². The summed E-state index contributed by atoms with van der Waals surface area (Å²) in [5.41, 5.74) is 0.805. The lowest BCUT2D eigenvalue weighted by atomic mass is 10.2. The van der Waals surface area contributed by atoms with Gasteiger partial charge in [0.05, 0.1) is 5.75 Å². The zero-order valence-electron chi connectivity index (χ0n) is 5.73. The molecule has 0 aliphatic heterocycles. The van der Waals surface area contributed by atoms with Gasteiger partial charge in [0, 0.05) is 4.90 Å². The van der Waals surface area contributed by atoms with Crippen molar-refractivity contribution < 1.29 is 8.42 Å². The van der Waals surface area contributed by atoms with Crippen LogP contribution >= 0.6 is 12.6 Å². The highest BCUT2D eigenvalue weighted by atomic mass is 32.2. The lowest BCUT2D eigenvalue weighted by molar-refractivity contribution is 0.614. The fraction of sp³-hybridized carbons (Fsp3) is 0.143. The summed E-state index contributed by atoms with van der Waals surface area (Å²) in [5, 5.41) is 0. The van der Waals surface area contributed by atoms with E-state index in [9.17, 15) is 8.42 Å². The van der Waals surface area contributed by atoms with E-state index in [-0.39, 0.29) is 5.75 Å². The summed E-state index contributed by atoms with van der Waals surface area (Å²) in [5.74, 6) is 0.114. The molecule has 0 unspecified atom stereocenters. The molecular weight excluding hydrogens is 180 g/mol. The molecule has 0 atom stereocenters. The number of hydrogen-bond acceptors (Lipinski definition) is 3. The van der Waals surface area contributed by atoms with Gasteiger partial charge >= 0.3 is 0 Å². The van der Waals surface area contributed by atoms with Gasteiger partial charge in [-0.25, -0.2) is 8.42 Å². The second kappa shape index (κ2) is 3.78. The Morgan fingerprint density at radius 1 is 1.18 bits per heavy atom. The van der Waals surface area contributed by atoms with Crippen LogP contribution in [-0.4, -0.2) is 8.42 Å². The Bertz CT molecular complexity index is 293. The van der Waals surface area contributed by atoms with E-state index in [1.807, 2.05) is 0 Å². The lowest BCUT2D eigenvalue weighted by Gasteiger charge is -1.93. The summed E-state index contributed by atoms with van der Waals surface area (Å²) in [6.45, 7) is 0. The van der Waals surface area contributed by atoms with Crippen LogP contribution in [0.4, 0.5) is 0 Å². The summed E-state index contributed by atoms with van der Waals surface area (Å²) in [7, 11) is -2.31. The molecule has 0 bridgehead atoms. The van der Waals surface area contributed by atoms with E-state index >= 15 is 0 Å². The topological polar surface area (TPSA) is 34.1 Å². The molecule has 2 nitrogen and oxygen atoms in total. The summed E-state index contributed by atoms with van der Waals surface area (Å²) < 4.78 is 20.5. The van der Waals surface area contributed by atoms with Gasteiger partial charge in [-0.05, 0) is 17.7 Å². The molecule has 1 rings (SSSR count). The normalized spacial score (nSPS) is 10.4. The molecule has 1 aromatic carbocycles. The minimum atomic E-state index is -2.31. The molecule has 0 aromatic heterocycles. The van der Waals surface area contributed by atoms with E-state index in [4.69, 9.17) is 0 Å². The molecule has 0 aliphatic carbocycles. The highest BCUT2D eigenvalue weighted by Crippen LogP contribution is 2.07. The van der Waals surface area contributed by atoms with Crippen molar-refractivity contribution in [1.29, 1.82) is 0 Å². The Labute approximate surface area is 72.6 Å². The van der Waals surface area contributed by atoms with Crippen LogP contribution in [0.25, 0.3) is 0 Å². The van der Waals surface area contributed by atoms with Crippen molar-refractivity contribution in [3.05, 3.63) is 29.8 Å². The van der Waals surface area contributed by atoms with Gasteiger partial charge in [-0.1, -0.05) is 12.1 Å². The maximum Gasteiger partial charge on any atom is 0.144 e. The Balaban J connectivity index is 2.82. The highest BCUT2D eigenvalue weighted by molar-refractivity contribution is 7.80. The summed E-state index contributed by atoms with van der Waals surface area (Å²) in [6, 6.07) is 7.06. The van der Waals surface area contributed by atoms with Crippen molar-refractivity contribution in [2.24, 2.45) is 0 Å². The van der Waals surface area contributed by atoms with Crippen LogP contribution in [0.3, 0.4) is 0 Å². The Kier molecular flexibility index (Phi) is 2.96. The Morgan fingerprint density at radius 2 is 1.73 bits per heavy atom. The SMILES string of the molecule is O=[SH](=O)Cc1ccc(S)cc1. The molecule has 0 aliphatic rings. The molecular formula is C7H8O2S2. The highest BCUT2D eigenvalue weighted by Gasteiger charge is 1.92. The molecule has 11 heavy (non-hydrogen) atoms. The van der Waals surface area contributed by atoms with Crippen LogP contribution in [0.1, 0.15) is 5.56 Å². The first-order valence-corrected chi connectivity index (χ1v) is 4.89. The zero-order chi connectivity index (χ0) is 8.27. The summed E-state index contributed by atoms with van der Waals surface area (Å²) in [4.78, 5) is 0.842. The molecule has 0 saturated carbocycles. The molecule has 0 spiro atoms. The van der Waals surface area contributed by atoms with Crippen LogP contribution in [0.2, 0.25) is 0 Å². The van der Waals surface area contributed by atoms with Gasteiger partial charge in [0.1, 0.15) is 10.7 Å². The zero-order valence-corrected chi connectivity index (χ0v) is 7.52. The van der Waals surface area contributed by atoms with Crippen molar-refractivity contribution in [3.63, 3.8) is 0 Å². The molecule has 1 aromatic rings. The van der Waals surface area contributed by atoms with E-state index in [0.29, 0.717) is 0 Å². The monoisotopic (exact) mass is 188 g/mol.